The van der Waals surface area contributed by atoms with Gasteiger partial charge in [-0.05, 0) is 24.5 Å². The maximum atomic E-state index is 12.7. The largest absolute Gasteiger partial charge is 0.363 e. The Bertz CT molecular complexity index is 835. The van der Waals surface area contributed by atoms with Gasteiger partial charge in [0.1, 0.15) is 11.4 Å². The molecule has 0 saturated carbocycles. The fourth-order valence-electron chi connectivity index (χ4n) is 3.23. The number of nitrogens with zero attached hydrogens (tertiary/aromatic N) is 2. The average Bonchev–Trinajstić information content (AvgIpc) is 3.09. The van der Waals surface area contributed by atoms with Crippen LogP contribution in [0.5, 0.6) is 0 Å². The molecule has 1 aliphatic heterocycles. The smallest absolute Gasteiger partial charge is 0.256 e. The summed E-state index contributed by atoms with van der Waals surface area (Å²) in [4.78, 5) is 12.7. The third kappa shape index (κ3) is 3.61. The predicted octanol–water partition coefficient (Wildman–Crippen LogP) is 3.86. The molecule has 3 rings (SSSR count). The molecule has 2 aromatic rings. The number of anilines is 1. The minimum absolute atomic E-state index is 0.0744. The van der Waals surface area contributed by atoms with Crippen LogP contribution in [-0.4, -0.2) is 21.7 Å². The number of allylic oxidation sites excluding steroid dienone is 2. The Morgan fingerprint density at radius 2 is 2.15 bits per heavy atom. The third-order valence-corrected chi connectivity index (χ3v) is 4.59. The second kappa shape index (κ2) is 7.87. The molecule has 2 atom stereocenters. The summed E-state index contributed by atoms with van der Waals surface area (Å²) in [7, 11) is 0. The van der Waals surface area contributed by atoms with Crippen LogP contribution < -0.4 is 10.6 Å². The van der Waals surface area contributed by atoms with E-state index in [2.05, 4.69) is 35.8 Å². The molecule has 5 heteroatoms. The molecule has 0 spiro atoms. The lowest BCUT2D eigenvalue weighted by atomic mass is 9.97. The Hall–Kier alpha value is -3.08. The fourth-order valence-corrected chi connectivity index (χ4v) is 3.23. The van der Waals surface area contributed by atoms with Crippen LogP contribution in [0.3, 0.4) is 0 Å². The first-order chi connectivity index (χ1) is 12.6. The van der Waals surface area contributed by atoms with Gasteiger partial charge in [-0.15, -0.1) is 0 Å². The van der Waals surface area contributed by atoms with Gasteiger partial charge in [0.05, 0.1) is 18.3 Å². The lowest BCUT2D eigenvalue weighted by Gasteiger charge is -2.31. The molecule has 1 aromatic carbocycles. The number of hydrogen-bond acceptors (Lipinski definition) is 3. The van der Waals surface area contributed by atoms with Gasteiger partial charge < -0.3 is 10.6 Å². The number of amides is 1. The molecule has 0 radical (unpaired) electrons. The molecule has 2 N–H and O–H groups in total. The van der Waals surface area contributed by atoms with Crippen LogP contribution in [0.2, 0.25) is 0 Å². The van der Waals surface area contributed by atoms with E-state index in [9.17, 15) is 4.79 Å². The van der Waals surface area contributed by atoms with E-state index in [1.807, 2.05) is 47.2 Å². The summed E-state index contributed by atoms with van der Waals surface area (Å²) in [6.07, 6.45) is 8.02. The van der Waals surface area contributed by atoms with Gasteiger partial charge in [-0.3, -0.25) is 4.79 Å². The second-order valence-electron chi connectivity index (χ2n) is 6.41. The molecule has 2 heterocycles. The molecule has 2 unspecified atom stereocenters. The number of fused-ring (bicyclic) bond motifs is 1. The molecule has 1 aromatic heterocycles. The summed E-state index contributed by atoms with van der Waals surface area (Å²) in [5.41, 5.74) is 2.67. The van der Waals surface area contributed by atoms with Crippen molar-refractivity contribution in [3.8, 4) is 0 Å². The van der Waals surface area contributed by atoms with E-state index in [1.54, 1.807) is 12.3 Å². The summed E-state index contributed by atoms with van der Waals surface area (Å²) in [5.74, 6) is 0.611. The highest BCUT2D eigenvalue weighted by molar-refractivity contribution is 5.98. The first-order valence-electron chi connectivity index (χ1n) is 8.75. The lowest BCUT2D eigenvalue weighted by molar-refractivity contribution is 0.0951. The summed E-state index contributed by atoms with van der Waals surface area (Å²) < 4.78 is 1.88. The average molecular weight is 348 g/mol. The molecule has 0 bridgehead atoms. The zero-order valence-corrected chi connectivity index (χ0v) is 15.0. The molecule has 0 aliphatic carbocycles. The highest BCUT2D eigenvalue weighted by atomic mass is 16.1. The lowest BCUT2D eigenvalue weighted by Crippen LogP contribution is -2.34. The van der Waals surface area contributed by atoms with Crippen LogP contribution in [-0.2, 0) is 6.54 Å². The SMILES string of the molecule is C=C/C=C(\C=C)C1CC(C)n2ncc(C(=O)NCc3ccccc3)c2N1. The maximum absolute atomic E-state index is 12.7. The van der Waals surface area contributed by atoms with Crippen molar-refractivity contribution in [2.75, 3.05) is 5.32 Å². The van der Waals surface area contributed by atoms with Gasteiger partial charge in [0, 0.05) is 6.54 Å². The third-order valence-electron chi connectivity index (χ3n) is 4.59. The topological polar surface area (TPSA) is 59.0 Å². The first kappa shape index (κ1) is 17.7. The fraction of sp³-hybridized carbons (Fsp3) is 0.238. The molecule has 5 nitrogen and oxygen atoms in total. The maximum Gasteiger partial charge on any atom is 0.256 e. The number of nitrogens with one attached hydrogen (secondary N) is 2. The highest BCUT2D eigenvalue weighted by Crippen LogP contribution is 2.32. The number of carbonyl (C=O) groups excluding carboxylic acids is 1. The summed E-state index contributed by atoms with van der Waals surface area (Å²) in [5, 5.41) is 10.8. The van der Waals surface area contributed by atoms with E-state index in [0.717, 1.165) is 23.4 Å². The Balaban J connectivity index is 1.79. The van der Waals surface area contributed by atoms with Gasteiger partial charge >= 0.3 is 0 Å². The van der Waals surface area contributed by atoms with Crippen molar-refractivity contribution in [1.29, 1.82) is 0 Å². The van der Waals surface area contributed by atoms with Crippen molar-refractivity contribution in [2.24, 2.45) is 0 Å². The van der Waals surface area contributed by atoms with Crippen LogP contribution >= 0.6 is 0 Å². The number of rotatable bonds is 6. The van der Waals surface area contributed by atoms with Crippen LogP contribution in [0, 0.1) is 0 Å². The van der Waals surface area contributed by atoms with E-state index >= 15 is 0 Å². The van der Waals surface area contributed by atoms with Gasteiger partial charge in [-0.25, -0.2) is 4.68 Å². The monoisotopic (exact) mass is 348 g/mol. The highest BCUT2D eigenvalue weighted by Gasteiger charge is 2.29. The number of aromatic nitrogens is 2. The Morgan fingerprint density at radius 3 is 2.85 bits per heavy atom. The molecule has 0 saturated heterocycles. The van der Waals surface area contributed by atoms with E-state index in [1.165, 1.54) is 0 Å². The van der Waals surface area contributed by atoms with E-state index < -0.39 is 0 Å². The zero-order chi connectivity index (χ0) is 18.5. The van der Waals surface area contributed by atoms with E-state index in [4.69, 9.17) is 0 Å². The summed E-state index contributed by atoms with van der Waals surface area (Å²) in [6, 6.07) is 10.1. The molecular formula is C21H24N4O. The summed E-state index contributed by atoms with van der Waals surface area (Å²) in [6.45, 7) is 10.2. The van der Waals surface area contributed by atoms with E-state index in [-0.39, 0.29) is 18.0 Å². The van der Waals surface area contributed by atoms with Crippen LogP contribution in [0.4, 0.5) is 5.82 Å². The second-order valence-corrected chi connectivity index (χ2v) is 6.41. The summed E-state index contributed by atoms with van der Waals surface area (Å²) >= 11 is 0. The van der Waals surface area contributed by atoms with Crippen LogP contribution in [0.25, 0.3) is 0 Å². The quantitative estimate of drug-likeness (QED) is 0.780. The van der Waals surface area contributed by atoms with Crippen molar-refractivity contribution in [3.05, 3.63) is 84.6 Å². The van der Waals surface area contributed by atoms with Crippen molar-refractivity contribution >= 4 is 11.7 Å². The van der Waals surface area contributed by atoms with Gasteiger partial charge in [-0.2, -0.15) is 5.10 Å². The molecule has 1 aliphatic rings. The van der Waals surface area contributed by atoms with Gasteiger partial charge in [0.15, 0.2) is 0 Å². The molecule has 26 heavy (non-hydrogen) atoms. The molecular weight excluding hydrogens is 324 g/mol. The molecule has 1 amide bonds. The number of hydrogen-bond donors (Lipinski definition) is 2. The number of benzene rings is 1. The molecule has 0 fully saturated rings. The Labute approximate surface area is 154 Å². The minimum Gasteiger partial charge on any atom is -0.363 e. The van der Waals surface area contributed by atoms with Crippen LogP contribution in [0.15, 0.2) is 73.5 Å². The predicted molar refractivity (Wildman–Crippen MR) is 105 cm³/mol. The minimum atomic E-state index is -0.136. The standard InChI is InChI=1S/C21H24N4O/c1-4-9-17(5-2)19-12-15(3)25-20(24-19)18(14-23-25)21(26)22-13-16-10-7-6-8-11-16/h4-11,14-15,19,24H,1-2,12-13H2,3H3,(H,22,26)/b17-9+. The molecule has 134 valence electrons. The Kier molecular flexibility index (Phi) is 5.37. The zero-order valence-electron chi connectivity index (χ0n) is 15.0. The Morgan fingerprint density at radius 1 is 1.38 bits per heavy atom. The normalized spacial score (nSPS) is 19.2. The van der Waals surface area contributed by atoms with Gasteiger partial charge in [-0.1, -0.05) is 61.7 Å². The first-order valence-corrected chi connectivity index (χ1v) is 8.75. The van der Waals surface area contributed by atoms with Gasteiger partial charge in [0.2, 0.25) is 0 Å². The van der Waals surface area contributed by atoms with Crippen LogP contribution in [0.1, 0.15) is 35.3 Å². The van der Waals surface area contributed by atoms with Crippen molar-refractivity contribution in [2.45, 2.75) is 32.0 Å². The van der Waals surface area contributed by atoms with E-state index in [0.29, 0.717) is 12.1 Å². The number of carbonyl (C=O) groups is 1. The van der Waals surface area contributed by atoms with Crippen molar-refractivity contribution < 1.29 is 4.79 Å². The van der Waals surface area contributed by atoms with Crippen molar-refractivity contribution in [1.82, 2.24) is 15.1 Å². The van der Waals surface area contributed by atoms with Crippen molar-refractivity contribution in [3.63, 3.8) is 0 Å². The van der Waals surface area contributed by atoms with Gasteiger partial charge in [0.25, 0.3) is 5.91 Å².